The van der Waals surface area contributed by atoms with Crippen molar-refractivity contribution in [2.75, 3.05) is 26.2 Å². The molecule has 4 nitrogen and oxygen atoms in total. The summed E-state index contributed by atoms with van der Waals surface area (Å²) in [5, 5.41) is 0.933. The van der Waals surface area contributed by atoms with Crippen LogP contribution in [0.3, 0.4) is 0 Å². The van der Waals surface area contributed by atoms with Crippen molar-refractivity contribution in [1.82, 2.24) is 14.8 Å². The highest BCUT2D eigenvalue weighted by Crippen LogP contribution is 2.20. The fraction of sp³-hybridized carbons (Fsp3) is 0.333. The lowest BCUT2D eigenvalue weighted by Gasteiger charge is -2.35. The first kappa shape index (κ1) is 18.6. The molecule has 0 N–H and O–H groups in total. The highest BCUT2D eigenvalue weighted by atomic mass is 16.2. The lowest BCUT2D eigenvalue weighted by molar-refractivity contribution is 0.0630. The van der Waals surface area contributed by atoms with Crippen LogP contribution >= 0.6 is 0 Å². The van der Waals surface area contributed by atoms with E-state index in [0.29, 0.717) is 5.92 Å². The molecule has 3 aromatic rings. The number of piperazine rings is 1. The van der Waals surface area contributed by atoms with E-state index in [9.17, 15) is 4.79 Å². The van der Waals surface area contributed by atoms with E-state index in [1.54, 1.807) is 6.20 Å². The second-order valence-corrected chi connectivity index (χ2v) is 7.84. The lowest BCUT2D eigenvalue weighted by Crippen LogP contribution is -2.48. The summed E-state index contributed by atoms with van der Waals surface area (Å²) in [4.78, 5) is 21.8. The molecule has 2 aromatic carbocycles. The van der Waals surface area contributed by atoms with E-state index in [1.807, 2.05) is 35.2 Å². The highest BCUT2D eigenvalue weighted by Gasteiger charge is 2.23. The zero-order valence-electron chi connectivity index (χ0n) is 16.6. The first-order chi connectivity index (χ1) is 13.6. The Morgan fingerprint density at radius 1 is 0.964 bits per heavy atom. The third-order valence-electron chi connectivity index (χ3n) is 5.59. The van der Waals surface area contributed by atoms with E-state index in [2.05, 4.69) is 48.0 Å². The van der Waals surface area contributed by atoms with Gasteiger partial charge in [0.15, 0.2) is 0 Å². The van der Waals surface area contributed by atoms with Gasteiger partial charge in [0.05, 0.1) is 5.52 Å². The third-order valence-corrected chi connectivity index (χ3v) is 5.59. The summed E-state index contributed by atoms with van der Waals surface area (Å²) < 4.78 is 0. The first-order valence-corrected chi connectivity index (χ1v) is 10.1. The van der Waals surface area contributed by atoms with Crippen LogP contribution < -0.4 is 0 Å². The first-order valence-electron chi connectivity index (χ1n) is 10.1. The number of aromatic nitrogens is 1. The average molecular weight is 374 g/mol. The molecule has 1 saturated heterocycles. The van der Waals surface area contributed by atoms with Gasteiger partial charge >= 0.3 is 0 Å². The molecular formula is C24H27N3O. The van der Waals surface area contributed by atoms with E-state index >= 15 is 0 Å². The molecule has 1 aliphatic heterocycles. The normalized spacial score (nSPS) is 15.3. The fourth-order valence-electron chi connectivity index (χ4n) is 3.84. The molecule has 0 unspecified atom stereocenters. The number of amides is 1. The number of pyridine rings is 1. The predicted molar refractivity (Wildman–Crippen MR) is 113 cm³/mol. The SMILES string of the molecule is CC(C)c1ccc(CN2CCN(C(=O)c3cccc4ncccc34)CC2)cc1. The van der Waals surface area contributed by atoms with E-state index in [-0.39, 0.29) is 5.91 Å². The summed E-state index contributed by atoms with van der Waals surface area (Å²) in [5.74, 6) is 0.674. The topological polar surface area (TPSA) is 36.4 Å². The van der Waals surface area contributed by atoms with Crippen LogP contribution in [0.4, 0.5) is 0 Å². The summed E-state index contributed by atoms with van der Waals surface area (Å²) in [6.45, 7) is 8.72. The Labute approximate surface area is 166 Å². The van der Waals surface area contributed by atoms with E-state index < -0.39 is 0 Å². The Morgan fingerprint density at radius 2 is 1.71 bits per heavy atom. The van der Waals surface area contributed by atoms with Gasteiger partial charge < -0.3 is 4.90 Å². The highest BCUT2D eigenvalue weighted by molar-refractivity contribution is 6.06. The second-order valence-electron chi connectivity index (χ2n) is 7.84. The van der Waals surface area contributed by atoms with Crippen LogP contribution in [-0.2, 0) is 6.54 Å². The molecular weight excluding hydrogens is 346 g/mol. The summed E-state index contributed by atoms with van der Waals surface area (Å²) in [7, 11) is 0. The van der Waals surface area contributed by atoms with E-state index in [4.69, 9.17) is 0 Å². The van der Waals surface area contributed by atoms with Crippen LogP contribution in [0.2, 0.25) is 0 Å². The molecule has 28 heavy (non-hydrogen) atoms. The Bertz CT molecular complexity index is 952. The molecule has 1 aromatic heterocycles. The number of fused-ring (bicyclic) bond motifs is 1. The molecule has 0 atom stereocenters. The number of nitrogens with zero attached hydrogens (tertiary/aromatic N) is 3. The van der Waals surface area contributed by atoms with Gasteiger partial charge in [-0.2, -0.15) is 0 Å². The van der Waals surface area contributed by atoms with Gasteiger partial charge in [-0.15, -0.1) is 0 Å². The average Bonchev–Trinajstić information content (AvgIpc) is 2.74. The number of carbonyl (C=O) groups is 1. The minimum atomic E-state index is 0.111. The van der Waals surface area contributed by atoms with E-state index in [0.717, 1.165) is 49.2 Å². The van der Waals surface area contributed by atoms with Crippen molar-refractivity contribution in [1.29, 1.82) is 0 Å². The molecule has 144 valence electrons. The summed E-state index contributed by atoms with van der Waals surface area (Å²) in [6.07, 6.45) is 1.77. The molecule has 0 radical (unpaired) electrons. The molecule has 0 spiro atoms. The maximum absolute atomic E-state index is 13.1. The zero-order chi connectivity index (χ0) is 19.5. The van der Waals surface area contributed by atoms with E-state index in [1.165, 1.54) is 11.1 Å². The van der Waals surface area contributed by atoms with Crippen LogP contribution in [0, 0.1) is 0 Å². The zero-order valence-corrected chi connectivity index (χ0v) is 16.6. The number of rotatable bonds is 4. The number of hydrogen-bond acceptors (Lipinski definition) is 3. The monoisotopic (exact) mass is 373 g/mol. The molecule has 1 aliphatic rings. The molecule has 0 bridgehead atoms. The minimum Gasteiger partial charge on any atom is -0.336 e. The van der Waals surface area contributed by atoms with Gasteiger partial charge in [-0.25, -0.2) is 0 Å². The Morgan fingerprint density at radius 3 is 2.43 bits per heavy atom. The van der Waals surface area contributed by atoms with Gasteiger partial charge in [0, 0.05) is 49.9 Å². The number of benzene rings is 2. The Kier molecular flexibility index (Phi) is 5.40. The quantitative estimate of drug-likeness (QED) is 0.683. The molecule has 2 heterocycles. The van der Waals surface area contributed by atoms with Crippen molar-refractivity contribution in [3.05, 3.63) is 77.5 Å². The summed E-state index contributed by atoms with van der Waals surface area (Å²) >= 11 is 0. The Hall–Kier alpha value is -2.72. The standard InChI is InChI=1S/C24H27N3O/c1-18(2)20-10-8-19(9-11-20)17-26-13-15-27(16-14-26)24(28)22-5-3-7-23-21(22)6-4-12-25-23/h3-12,18H,13-17H2,1-2H3. The van der Waals surface area contributed by atoms with Crippen LogP contribution in [0.15, 0.2) is 60.8 Å². The van der Waals surface area contributed by atoms with Crippen molar-refractivity contribution >= 4 is 16.8 Å². The molecule has 4 rings (SSSR count). The van der Waals surface area contributed by atoms with Crippen LogP contribution in [0.1, 0.15) is 41.3 Å². The molecule has 1 fully saturated rings. The van der Waals surface area contributed by atoms with Crippen molar-refractivity contribution < 1.29 is 4.79 Å². The maximum Gasteiger partial charge on any atom is 0.254 e. The summed E-state index contributed by atoms with van der Waals surface area (Å²) in [6, 6.07) is 18.6. The fourth-order valence-corrected chi connectivity index (χ4v) is 3.84. The summed E-state index contributed by atoms with van der Waals surface area (Å²) in [5.41, 5.74) is 4.34. The molecule has 0 aliphatic carbocycles. The van der Waals surface area contributed by atoms with Gasteiger partial charge in [0.1, 0.15) is 0 Å². The smallest absolute Gasteiger partial charge is 0.254 e. The second kappa shape index (κ2) is 8.11. The van der Waals surface area contributed by atoms with Crippen molar-refractivity contribution in [2.45, 2.75) is 26.3 Å². The van der Waals surface area contributed by atoms with Crippen molar-refractivity contribution in [3.8, 4) is 0 Å². The van der Waals surface area contributed by atoms with Gasteiger partial charge in [0.2, 0.25) is 0 Å². The van der Waals surface area contributed by atoms with Crippen molar-refractivity contribution in [2.24, 2.45) is 0 Å². The molecule has 4 heteroatoms. The predicted octanol–water partition coefficient (Wildman–Crippen LogP) is 4.32. The lowest BCUT2D eigenvalue weighted by atomic mass is 10.0. The maximum atomic E-state index is 13.1. The number of carbonyl (C=O) groups excluding carboxylic acids is 1. The van der Waals surface area contributed by atoms with Gasteiger partial charge in [0.25, 0.3) is 5.91 Å². The molecule has 0 saturated carbocycles. The largest absolute Gasteiger partial charge is 0.336 e. The van der Waals surface area contributed by atoms with Crippen LogP contribution in [-0.4, -0.2) is 46.9 Å². The van der Waals surface area contributed by atoms with Gasteiger partial charge in [-0.05, 0) is 35.2 Å². The number of hydrogen-bond donors (Lipinski definition) is 0. The van der Waals surface area contributed by atoms with Crippen LogP contribution in [0.25, 0.3) is 10.9 Å². The minimum absolute atomic E-state index is 0.111. The van der Waals surface area contributed by atoms with Gasteiger partial charge in [-0.3, -0.25) is 14.7 Å². The van der Waals surface area contributed by atoms with Crippen molar-refractivity contribution in [3.63, 3.8) is 0 Å². The van der Waals surface area contributed by atoms with Gasteiger partial charge in [-0.1, -0.05) is 50.2 Å². The Balaban J connectivity index is 1.39. The third kappa shape index (κ3) is 3.92. The van der Waals surface area contributed by atoms with Crippen LogP contribution in [0.5, 0.6) is 0 Å². The molecule has 1 amide bonds.